The Balaban J connectivity index is 1.16. The standard InChI is InChI=1S/C66H45BN2/c1-6-17-44(18-7-1)50-36-51(45-19-8-2-9-20-45)39-55(38-50)67-54-30-32-62-60(43-54)66-64(69(62)58-27-14-5-15-28-58)34-33-63-65(66)59-42-49(29-31-61(59)68(63)57-25-12-4-13-26-57)47-23-16-24-48(35-47)53-37-52(40-56(67)41-53)46-21-10-3-11-22-46/h1-28,30-43,49H,29H2. The van der Waals surface area contributed by atoms with Crippen LogP contribution < -0.4 is 27.0 Å². The van der Waals surface area contributed by atoms with Crippen LogP contribution in [0.4, 0.5) is 0 Å². The molecule has 3 heteroatoms. The molecule has 3 heterocycles. The quantitative estimate of drug-likeness (QED) is 0.147. The number of benzene rings is 10. The van der Waals surface area contributed by atoms with Crippen molar-refractivity contribution >= 4 is 68.0 Å². The molecule has 14 rings (SSSR count). The predicted octanol–water partition coefficient (Wildman–Crippen LogP) is 13.0. The molecule has 2 aliphatic rings. The fraction of sp³-hybridized carbons (Fsp3) is 0.0303. The van der Waals surface area contributed by atoms with E-state index in [0.29, 0.717) is 0 Å². The third-order valence-electron chi connectivity index (χ3n) is 14.8. The minimum absolute atomic E-state index is 0.127. The van der Waals surface area contributed by atoms with Gasteiger partial charge in [0.1, 0.15) is 0 Å². The molecule has 12 aromatic rings. The Morgan fingerprint density at radius 1 is 0.348 bits per heavy atom. The van der Waals surface area contributed by atoms with Gasteiger partial charge in [-0.25, -0.2) is 0 Å². The summed E-state index contributed by atoms with van der Waals surface area (Å²) < 4.78 is 4.99. The lowest BCUT2D eigenvalue weighted by Crippen LogP contribution is -2.52. The van der Waals surface area contributed by atoms with Crippen molar-refractivity contribution in [3.8, 4) is 55.9 Å². The molecule has 0 radical (unpaired) electrons. The molecule has 0 saturated heterocycles. The molecule has 2 nitrogen and oxygen atoms in total. The molecule has 8 bridgehead atoms. The fourth-order valence-electron chi connectivity index (χ4n) is 11.7. The van der Waals surface area contributed by atoms with Crippen molar-refractivity contribution in [1.82, 2.24) is 9.13 Å². The summed E-state index contributed by atoms with van der Waals surface area (Å²) in [5, 5.41) is 6.41. The minimum Gasteiger partial charge on any atom is -0.310 e. The monoisotopic (exact) mass is 876 g/mol. The van der Waals surface area contributed by atoms with Crippen LogP contribution in [0.25, 0.3) is 101 Å². The second kappa shape index (κ2) is 16.0. The largest absolute Gasteiger partial charge is 0.310 e. The van der Waals surface area contributed by atoms with E-state index < -0.39 is 0 Å². The van der Waals surface area contributed by atoms with Gasteiger partial charge in [0.15, 0.2) is 0 Å². The molecular formula is C66H45BN2. The van der Waals surface area contributed by atoms with Gasteiger partial charge < -0.3 is 9.13 Å². The molecule has 322 valence electrons. The Bertz CT molecular complexity index is 4020. The summed E-state index contributed by atoms with van der Waals surface area (Å²) in [6, 6.07) is 90.6. The number of para-hydroxylation sites is 2. The van der Waals surface area contributed by atoms with Gasteiger partial charge in [-0.3, -0.25) is 0 Å². The van der Waals surface area contributed by atoms with E-state index in [1.165, 1.54) is 115 Å². The average molecular weight is 877 g/mol. The highest BCUT2D eigenvalue weighted by Crippen LogP contribution is 2.38. The van der Waals surface area contributed by atoms with Crippen molar-refractivity contribution in [1.29, 1.82) is 0 Å². The maximum Gasteiger partial charge on any atom is 0.241 e. The summed E-state index contributed by atoms with van der Waals surface area (Å²) in [6.07, 6.45) is 6.00. The molecule has 2 aromatic heterocycles. The van der Waals surface area contributed by atoms with E-state index in [-0.39, 0.29) is 12.6 Å². The molecule has 1 unspecified atom stereocenters. The van der Waals surface area contributed by atoms with Crippen LogP contribution in [0.1, 0.15) is 17.9 Å². The lowest BCUT2D eigenvalue weighted by Gasteiger charge is -2.21. The van der Waals surface area contributed by atoms with Crippen LogP contribution in [0, 0.1) is 0 Å². The van der Waals surface area contributed by atoms with Gasteiger partial charge in [0.25, 0.3) is 0 Å². The summed E-state index contributed by atoms with van der Waals surface area (Å²) >= 11 is 0. The maximum atomic E-state index is 2.58. The van der Waals surface area contributed by atoms with E-state index >= 15 is 0 Å². The summed E-state index contributed by atoms with van der Waals surface area (Å²) in [5.74, 6) is 0.201. The zero-order valence-electron chi connectivity index (χ0n) is 38.0. The summed E-state index contributed by atoms with van der Waals surface area (Å²) in [6.45, 7) is -0.127. The van der Waals surface area contributed by atoms with Gasteiger partial charge in [0.05, 0.1) is 16.6 Å². The zero-order chi connectivity index (χ0) is 45.4. The average Bonchev–Trinajstić information content (AvgIpc) is 3.94. The third kappa shape index (κ3) is 6.57. The Labute approximate surface area is 402 Å². The minimum atomic E-state index is -0.127. The molecule has 0 amide bonds. The smallest absolute Gasteiger partial charge is 0.241 e. The van der Waals surface area contributed by atoms with Gasteiger partial charge >= 0.3 is 0 Å². The highest BCUT2D eigenvalue weighted by molar-refractivity contribution is 6.95. The number of aromatic nitrogens is 2. The third-order valence-corrected chi connectivity index (χ3v) is 14.8. The number of rotatable bonds is 6. The Morgan fingerprint density at radius 2 is 0.826 bits per heavy atom. The van der Waals surface area contributed by atoms with E-state index in [2.05, 4.69) is 264 Å². The van der Waals surface area contributed by atoms with Gasteiger partial charge in [-0.05, 0) is 111 Å². The van der Waals surface area contributed by atoms with E-state index in [4.69, 9.17) is 0 Å². The highest BCUT2D eigenvalue weighted by atomic mass is 15.0. The first-order valence-electron chi connectivity index (χ1n) is 24.2. The molecule has 0 N–H and O–H groups in total. The summed E-state index contributed by atoms with van der Waals surface area (Å²) in [4.78, 5) is 0. The van der Waals surface area contributed by atoms with Gasteiger partial charge in [-0.1, -0.05) is 217 Å². The molecule has 10 aromatic carbocycles. The lowest BCUT2D eigenvalue weighted by atomic mass is 9.36. The van der Waals surface area contributed by atoms with Crippen molar-refractivity contribution in [2.45, 2.75) is 12.3 Å². The first kappa shape index (κ1) is 39.5. The predicted molar refractivity (Wildman–Crippen MR) is 292 cm³/mol. The van der Waals surface area contributed by atoms with Crippen molar-refractivity contribution in [2.75, 3.05) is 0 Å². The van der Waals surface area contributed by atoms with Crippen LogP contribution in [0.5, 0.6) is 0 Å². The Morgan fingerprint density at radius 3 is 1.39 bits per heavy atom. The van der Waals surface area contributed by atoms with Crippen molar-refractivity contribution in [2.24, 2.45) is 0 Å². The van der Waals surface area contributed by atoms with E-state index in [1.807, 2.05) is 0 Å². The van der Waals surface area contributed by atoms with E-state index in [1.54, 1.807) is 0 Å². The van der Waals surface area contributed by atoms with Crippen molar-refractivity contribution in [3.05, 3.63) is 259 Å². The van der Waals surface area contributed by atoms with Crippen LogP contribution in [-0.2, 0) is 0 Å². The van der Waals surface area contributed by atoms with Crippen LogP contribution in [0.2, 0.25) is 0 Å². The lowest BCUT2D eigenvalue weighted by molar-refractivity contribution is 0.907. The topological polar surface area (TPSA) is 9.86 Å². The second-order valence-corrected chi connectivity index (χ2v) is 18.8. The summed E-state index contributed by atoms with van der Waals surface area (Å²) in [7, 11) is 0. The molecule has 1 atom stereocenters. The fourth-order valence-corrected chi connectivity index (χ4v) is 11.7. The summed E-state index contributed by atoms with van der Waals surface area (Å²) in [5.41, 5.74) is 20.7. The van der Waals surface area contributed by atoms with Gasteiger partial charge in [-0.15, -0.1) is 0 Å². The SMILES string of the molecule is C1=c2c3n(-c4ccccc4)c4ccc5c(c6cc(ccc6n5-c5ccccc5)B(c5cc(-c6ccccc6)cc(-c6ccccc6)c5)c5cc(-c6ccccc6)cc(c5)-c5cccc(c5)C1CC=3)c24. The zero-order valence-corrected chi connectivity index (χ0v) is 38.0. The second-order valence-electron chi connectivity index (χ2n) is 18.8. The van der Waals surface area contributed by atoms with Crippen LogP contribution in [0.3, 0.4) is 0 Å². The maximum absolute atomic E-state index is 2.58. The molecule has 69 heavy (non-hydrogen) atoms. The van der Waals surface area contributed by atoms with Crippen molar-refractivity contribution in [3.63, 3.8) is 0 Å². The normalized spacial score (nSPS) is 13.8. The number of fused-ring (bicyclic) bond motifs is 8. The Kier molecular flexibility index (Phi) is 9.16. The van der Waals surface area contributed by atoms with Crippen LogP contribution in [-0.4, -0.2) is 15.8 Å². The van der Waals surface area contributed by atoms with Gasteiger partial charge in [0, 0.05) is 44.0 Å². The number of hydrogen-bond donors (Lipinski definition) is 0. The first-order valence-corrected chi connectivity index (χ1v) is 24.2. The first-order chi connectivity index (χ1) is 34.2. The highest BCUT2D eigenvalue weighted by Gasteiger charge is 2.28. The Hall–Kier alpha value is -8.66. The van der Waals surface area contributed by atoms with Gasteiger partial charge in [-0.2, -0.15) is 0 Å². The molecule has 1 aliphatic heterocycles. The molecule has 0 spiro atoms. The molecular weight excluding hydrogens is 832 g/mol. The molecule has 0 saturated carbocycles. The van der Waals surface area contributed by atoms with Crippen LogP contribution in [0.15, 0.2) is 243 Å². The van der Waals surface area contributed by atoms with Crippen LogP contribution >= 0.6 is 0 Å². The van der Waals surface area contributed by atoms with Gasteiger partial charge in [0.2, 0.25) is 6.71 Å². The number of hydrogen-bond acceptors (Lipinski definition) is 0. The van der Waals surface area contributed by atoms with Crippen molar-refractivity contribution < 1.29 is 0 Å². The number of nitrogens with zero attached hydrogens (tertiary/aromatic N) is 2. The van der Waals surface area contributed by atoms with E-state index in [9.17, 15) is 0 Å². The molecule has 1 aliphatic carbocycles. The van der Waals surface area contributed by atoms with E-state index in [0.717, 1.165) is 12.1 Å². The molecule has 0 fully saturated rings.